The zero-order chi connectivity index (χ0) is 15.5. The maximum absolute atomic E-state index is 12.1. The minimum atomic E-state index is -0.557. The molecule has 1 aliphatic heterocycles. The van der Waals surface area contributed by atoms with Crippen LogP contribution in [0, 0.1) is 0 Å². The number of benzene rings is 2. The number of hydrogen-bond acceptors (Lipinski definition) is 4. The molecule has 0 saturated carbocycles. The van der Waals surface area contributed by atoms with Gasteiger partial charge in [0.25, 0.3) is 5.91 Å². The average Bonchev–Trinajstić information content (AvgIpc) is 2.55. The van der Waals surface area contributed by atoms with Crippen LogP contribution in [-0.2, 0) is 4.79 Å². The maximum Gasteiger partial charge on any atom is 0.310 e. The SMILES string of the molecule is CCC(=O)Oc1ccc(C2NC(=O)c3ccccc3O2)cc1. The van der Waals surface area contributed by atoms with E-state index in [1.807, 2.05) is 6.07 Å². The van der Waals surface area contributed by atoms with Crippen LogP contribution in [0.3, 0.4) is 0 Å². The van der Waals surface area contributed by atoms with E-state index in [1.54, 1.807) is 49.4 Å². The predicted molar refractivity (Wildman–Crippen MR) is 79.6 cm³/mol. The summed E-state index contributed by atoms with van der Waals surface area (Å²) in [6.45, 7) is 1.74. The lowest BCUT2D eigenvalue weighted by Gasteiger charge is -2.27. The first-order valence-electron chi connectivity index (χ1n) is 7.04. The summed E-state index contributed by atoms with van der Waals surface area (Å²) in [7, 11) is 0. The van der Waals surface area contributed by atoms with E-state index < -0.39 is 6.23 Å². The smallest absolute Gasteiger partial charge is 0.310 e. The van der Waals surface area contributed by atoms with Crippen LogP contribution in [0.1, 0.15) is 35.5 Å². The standard InChI is InChI=1S/C17H15NO4/c1-2-15(19)21-12-9-7-11(8-10-12)17-18-16(20)13-5-3-4-6-14(13)22-17/h3-10,17H,2H2,1H3,(H,18,20). The van der Waals surface area contributed by atoms with Crippen molar-refractivity contribution in [3.63, 3.8) is 0 Å². The van der Waals surface area contributed by atoms with Gasteiger partial charge in [0.15, 0.2) is 6.23 Å². The van der Waals surface area contributed by atoms with Gasteiger partial charge in [0.2, 0.25) is 0 Å². The Morgan fingerprint density at radius 3 is 2.64 bits per heavy atom. The van der Waals surface area contributed by atoms with Gasteiger partial charge in [-0.25, -0.2) is 0 Å². The topological polar surface area (TPSA) is 64.6 Å². The molecule has 112 valence electrons. The van der Waals surface area contributed by atoms with Crippen LogP contribution >= 0.6 is 0 Å². The summed E-state index contributed by atoms with van der Waals surface area (Å²) in [4.78, 5) is 23.3. The molecule has 0 spiro atoms. The molecule has 1 unspecified atom stereocenters. The van der Waals surface area contributed by atoms with Gasteiger partial charge in [-0.15, -0.1) is 0 Å². The second-order valence-corrected chi connectivity index (χ2v) is 4.86. The van der Waals surface area contributed by atoms with Crippen LogP contribution in [-0.4, -0.2) is 11.9 Å². The summed E-state index contributed by atoms with van der Waals surface area (Å²) in [5.41, 5.74) is 1.30. The molecule has 5 nitrogen and oxygen atoms in total. The van der Waals surface area contributed by atoms with Crippen LogP contribution in [0.15, 0.2) is 48.5 Å². The minimum absolute atomic E-state index is 0.173. The molecule has 1 amide bonds. The van der Waals surface area contributed by atoms with Crippen molar-refractivity contribution in [2.75, 3.05) is 0 Å². The summed E-state index contributed by atoms with van der Waals surface area (Å²) >= 11 is 0. The Labute approximate surface area is 127 Å². The zero-order valence-corrected chi connectivity index (χ0v) is 12.0. The Morgan fingerprint density at radius 1 is 1.18 bits per heavy atom. The summed E-state index contributed by atoms with van der Waals surface area (Å²) in [6, 6.07) is 14.0. The second-order valence-electron chi connectivity index (χ2n) is 4.86. The van der Waals surface area contributed by atoms with Crippen molar-refractivity contribution < 1.29 is 19.1 Å². The Hall–Kier alpha value is -2.82. The molecule has 22 heavy (non-hydrogen) atoms. The van der Waals surface area contributed by atoms with E-state index in [-0.39, 0.29) is 11.9 Å². The number of carbonyl (C=O) groups is 2. The third-order valence-electron chi connectivity index (χ3n) is 3.34. The molecule has 1 heterocycles. The van der Waals surface area contributed by atoms with Crippen molar-refractivity contribution in [1.29, 1.82) is 0 Å². The lowest BCUT2D eigenvalue weighted by Crippen LogP contribution is -2.36. The number of carbonyl (C=O) groups excluding carboxylic acids is 2. The molecule has 0 aliphatic carbocycles. The van der Waals surface area contributed by atoms with Crippen molar-refractivity contribution in [3.8, 4) is 11.5 Å². The number of ether oxygens (including phenoxy) is 2. The molecule has 0 aromatic heterocycles. The number of hydrogen-bond donors (Lipinski definition) is 1. The molecule has 1 atom stereocenters. The van der Waals surface area contributed by atoms with Crippen molar-refractivity contribution in [3.05, 3.63) is 59.7 Å². The largest absolute Gasteiger partial charge is 0.466 e. The van der Waals surface area contributed by atoms with Gasteiger partial charge < -0.3 is 14.8 Å². The lowest BCUT2D eigenvalue weighted by molar-refractivity contribution is -0.134. The molecule has 0 saturated heterocycles. The van der Waals surface area contributed by atoms with Crippen molar-refractivity contribution >= 4 is 11.9 Å². The molecular formula is C17H15NO4. The molecule has 1 N–H and O–H groups in total. The highest BCUT2D eigenvalue weighted by molar-refractivity contribution is 5.97. The van der Waals surface area contributed by atoms with Crippen molar-refractivity contribution in [2.24, 2.45) is 0 Å². The van der Waals surface area contributed by atoms with Crippen LogP contribution in [0.2, 0.25) is 0 Å². The first-order valence-corrected chi connectivity index (χ1v) is 7.04. The molecule has 0 bridgehead atoms. The summed E-state index contributed by atoms with van der Waals surface area (Å²) in [5, 5.41) is 2.79. The Balaban J connectivity index is 1.78. The third-order valence-corrected chi connectivity index (χ3v) is 3.34. The monoisotopic (exact) mass is 297 g/mol. The second kappa shape index (κ2) is 5.89. The van der Waals surface area contributed by atoms with E-state index in [0.29, 0.717) is 23.5 Å². The molecule has 3 rings (SSSR count). The number of nitrogens with one attached hydrogen (secondary N) is 1. The first kappa shape index (κ1) is 14.1. The summed E-state index contributed by atoms with van der Waals surface area (Å²) < 4.78 is 10.9. The van der Waals surface area contributed by atoms with Gasteiger partial charge in [0.05, 0.1) is 5.56 Å². The predicted octanol–water partition coefficient (Wildman–Crippen LogP) is 2.82. The van der Waals surface area contributed by atoms with Crippen molar-refractivity contribution in [1.82, 2.24) is 5.32 Å². The van der Waals surface area contributed by atoms with Gasteiger partial charge in [0.1, 0.15) is 11.5 Å². The highest BCUT2D eigenvalue weighted by Gasteiger charge is 2.26. The van der Waals surface area contributed by atoms with Crippen LogP contribution in [0.25, 0.3) is 0 Å². The van der Waals surface area contributed by atoms with Crippen molar-refractivity contribution in [2.45, 2.75) is 19.6 Å². The van der Waals surface area contributed by atoms with E-state index in [4.69, 9.17) is 9.47 Å². The molecule has 2 aromatic carbocycles. The molecular weight excluding hydrogens is 282 g/mol. The van der Waals surface area contributed by atoms with Gasteiger partial charge in [0, 0.05) is 12.0 Å². The van der Waals surface area contributed by atoms with Gasteiger partial charge in [-0.2, -0.15) is 0 Å². The number of esters is 1. The summed E-state index contributed by atoms with van der Waals surface area (Å²) in [6.07, 6.45) is -0.237. The Kier molecular flexibility index (Phi) is 3.78. The Bertz CT molecular complexity index is 709. The van der Waals surface area contributed by atoms with E-state index in [2.05, 4.69) is 5.32 Å². The summed E-state index contributed by atoms with van der Waals surface area (Å²) in [5.74, 6) is 0.563. The quantitative estimate of drug-likeness (QED) is 0.699. The Morgan fingerprint density at radius 2 is 1.91 bits per heavy atom. The molecule has 1 aliphatic rings. The lowest BCUT2D eigenvalue weighted by atomic mass is 10.1. The van der Waals surface area contributed by atoms with Crippen LogP contribution in [0.5, 0.6) is 11.5 Å². The van der Waals surface area contributed by atoms with Crippen LogP contribution < -0.4 is 14.8 Å². The van der Waals surface area contributed by atoms with Gasteiger partial charge in [-0.3, -0.25) is 9.59 Å². The number of amides is 1. The minimum Gasteiger partial charge on any atom is -0.466 e. The molecule has 2 aromatic rings. The normalized spacial score (nSPS) is 16.2. The van der Waals surface area contributed by atoms with E-state index >= 15 is 0 Å². The average molecular weight is 297 g/mol. The fourth-order valence-corrected chi connectivity index (χ4v) is 2.18. The molecule has 5 heteroatoms. The van der Waals surface area contributed by atoms with Gasteiger partial charge >= 0.3 is 5.97 Å². The first-order chi connectivity index (χ1) is 10.7. The maximum atomic E-state index is 12.1. The fraction of sp³-hybridized carbons (Fsp3) is 0.176. The van der Waals surface area contributed by atoms with Gasteiger partial charge in [-0.1, -0.05) is 19.1 Å². The highest BCUT2D eigenvalue weighted by Crippen LogP contribution is 2.29. The zero-order valence-electron chi connectivity index (χ0n) is 12.0. The number of rotatable bonds is 3. The van der Waals surface area contributed by atoms with E-state index in [1.165, 1.54) is 0 Å². The molecule has 0 radical (unpaired) electrons. The van der Waals surface area contributed by atoms with E-state index in [0.717, 1.165) is 5.56 Å². The molecule has 0 fully saturated rings. The van der Waals surface area contributed by atoms with Crippen LogP contribution in [0.4, 0.5) is 0 Å². The number of para-hydroxylation sites is 1. The van der Waals surface area contributed by atoms with Gasteiger partial charge in [-0.05, 0) is 36.4 Å². The fourth-order valence-electron chi connectivity index (χ4n) is 2.18. The number of fused-ring (bicyclic) bond motifs is 1. The third kappa shape index (κ3) is 2.79. The van der Waals surface area contributed by atoms with E-state index in [9.17, 15) is 9.59 Å². The highest BCUT2D eigenvalue weighted by atomic mass is 16.5.